The van der Waals surface area contributed by atoms with Crippen molar-refractivity contribution in [3.8, 4) is 11.5 Å². The summed E-state index contributed by atoms with van der Waals surface area (Å²) in [5, 5.41) is 35.1. The number of fused-ring (bicyclic) bond motifs is 3. The van der Waals surface area contributed by atoms with Crippen molar-refractivity contribution in [2.24, 2.45) is 0 Å². The molecule has 0 spiro atoms. The minimum Gasteiger partial charge on any atom is -0.507 e. The molecule has 190 valence electrons. The highest BCUT2D eigenvalue weighted by Crippen LogP contribution is 2.54. The standard InChI is InChI=1S/C27H30N2O7/c1-26(35-11-12-36-26)27(34)13-17-19(18(14-27)29-9-7-28(2)8-10-29)25(33)21-20(24(17)32)22(30)15-5-3-4-6-16(15)23(21)31/h3-6,18,32-34H,7-14H2,1-2H3/t18-,27+/m0/s1. The normalized spacial score (nSPS) is 28.0. The maximum Gasteiger partial charge on any atom is 0.198 e. The molecule has 4 aliphatic rings. The van der Waals surface area contributed by atoms with Crippen LogP contribution in [0, 0.1) is 0 Å². The summed E-state index contributed by atoms with van der Waals surface area (Å²) in [5.41, 5.74) is -0.891. The SMILES string of the molecule is CN1CCN([C@H]2C[C@@](O)(C3(C)OCCO3)Cc3c(O)c4c(c(O)c32)C(=O)c2ccccc2C4=O)CC1. The molecule has 0 saturated carbocycles. The molecule has 2 aliphatic heterocycles. The van der Waals surface area contributed by atoms with E-state index in [1.54, 1.807) is 31.2 Å². The molecule has 9 heteroatoms. The first-order valence-electron chi connectivity index (χ1n) is 12.4. The number of benzene rings is 2. The van der Waals surface area contributed by atoms with E-state index in [-0.39, 0.29) is 52.2 Å². The largest absolute Gasteiger partial charge is 0.507 e. The summed E-state index contributed by atoms with van der Waals surface area (Å²) >= 11 is 0. The van der Waals surface area contributed by atoms with Crippen LogP contribution in [0.3, 0.4) is 0 Å². The predicted molar refractivity (Wildman–Crippen MR) is 128 cm³/mol. The molecule has 0 unspecified atom stereocenters. The number of carbonyl (C=O) groups is 2. The summed E-state index contributed by atoms with van der Waals surface area (Å²) in [6.07, 6.45) is 0.0730. The third-order valence-corrected chi connectivity index (χ3v) is 8.46. The molecule has 2 atom stereocenters. The Morgan fingerprint density at radius 2 is 1.47 bits per heavy atom. The second kappa shape index (κ2) is 8.09. The lowest BCUT2D eigenvalue weighted by molar-refractivity contribution is -0.267. The van der Waals surface area contributed by atoms with E-state index >= 15 is 0 Å². The van der Waals surface area contributed by atoms with Crippen molar-refractivity contribution < 1.29 is 34.4 Å². The van der Waals surface area contributed by atoms with Crippen molar-refractivity contribution in [3.63, 3.8) is 0 Å². The quantitative estimate of drug-likeness (QED) is 0.456. The lowest BCUT2D eigenvalue weighted by Crippen LogP contribution is -2.59. The number of phenolic OH excluding ortho intramolecular Hbond substituents is 2. The molecule has 2 heterocycles. The van der Waals surface area contributed by atoms with Gasteiger partial charge in [-0.3, -0.25) is 14.5 Å². The number of nitrogens with zero attached hydrogens (tertiary/aromatic N) is 2. The minimum atomic E-state index is -1.54. The molecule has 9 nitrogen and oxygen atoms in total. The van der Waals surface area contributed by atoms with Gasteiger partial charge in [-0.05, 0) is 14.0 Å². The van der Waals surface area contributed by atoms with E-state index in [1.165, 1.54) is 0 Å². The third-order valence-electron chi connectivity index (χ3n) is 8.46. The van der Waals surface area contributed by atoms with Crippen LogP contribution < -0.4 is 0 Å². The van der Waals surface area contributed by atoms with E-state index in [0.29, 0.717) is 31.9 Å². The molecular formula is C27H30N2O7. The number of aliphatic hydroxyl groups is 1. The van der Waals surface area contributed by atoms with Gasteiger partial charge in [0.1, 0.15) is 17.1 Å². The van der Waals surface area contributed by atoms with Crippen LogP contribution in [0.4, 0.5) is 0 Å². The monoisotopic (exact) mass is 494 g/mol. The molecule has 0 amide bonds. The van der Waals surface area contributed by atoms with Crippen LogP contribution in [0.5, 0.6) is 11.5 Å². The lowest BCUT2D eigenvalue weighted by Gasteiger charge is -2.50. The molecule has 0 aromatic heterocycles. The van der Waals surface area contributed by atoms with E-state index in [2.05, 4.69) is 9.80 Å². The molecule has 2 aliphatic carbocycles. The number of ketones is 2. The van der Waals surface area contributed by atoms with Crippen LogP contribution >= 0.6 is 0 Å². The number of hydrogen-bond donors (Lipinski definition) is 3. The molecule has 2 fully saturated rings. The Balaban J connectivity index is 1.57. The number of ether oxygens (including phenoxy) is 2. The van der Waals surface area contributed by atoms with Crippen molar-refractivity contribution in [1.82, 2.24) is 9.80 Å². The van der Waals surface area contributed by atoms with Gasteiger partial charge in [0.25, 0.3) is 0 Å². The second-order valence-electron chi connectivity index (χ2n) is 10.5. The molecule has 0 radical (unpaired) electrons. The summed E-state index contributed by atoms with van der Waals surface area (Å²) in [7, 11) is 2.03. The van der Waals surface area contributed by atoms with E-state index in [4.69, 9.17) is 9.47 Å². The van der Waals surface area contributed by atoms with Gasteiger partial charge in [0.05, 0.1) is 24.3 Å². The summed E-state index contributed by atoms with van der Waals surface area (Å²) in [6, 6.07) is 5.90. The summed E-state index contributed by atoms with van der Waals surface area (Å²) in [4.78, 5) is 31.3. The van der Waals surface area contributed by atoms with Gasteiger partial charge in [0, 0.05) is 67.3 Å². The van der Waals surface area contributed by atoms with Gasteiger partial charge in [-0.1, -0.05) is 24.3 Å². The Bertz CT molecular complexity index is 1280. The number of piperazine rings is 1. The first-order chi connectivity index (χ1) is 17.2. The summed E-state index contributed by atoms with van der Waals surface area (Å²) in [5.74, 6) is -3.01. The van der Waals surface area contributed by atoms with Crippen LogP contribution in [0.2, 0.25) is 0 Å². The maximum atomic E-state index is 13.5. The molecule has 36 heavy (non-hydrogen) atoms. The first kappa shape index (κ1) is 23.6. The van der Waals surface area contributed by atoms with E-state index in [1.807, 2.05) is 7.05 Å². The zero-order chi connectivity index (χ0) is 25.4. The number of hydrogen-bond acceptors (Lipinski definition) is 9. The highest BCUT2D eigenvalue weighted by Gasteiger charge is 2.57. The first-order valence-corrected chi connectivity index (χ1v) is 12.4. The molecule has 3 N–H and O–H groups in total. The Morgan fingerprint density at radius 3 is 2.06 bits per heavy atom. The van der Waals surface area contributed by atoms with E-state index in [9.17, 15) is 24.9 Å². The van der Waals surface area contributed by atoms with Crippen LogP contribution in [-0.2, 0) is 15.9 Å². The highest BCUT2D eigenvalue weighted by atomic mass is 16.7. The fraction of sp³-hybridized carbons (Fsp3) is 0.481. The van der Waals surface area contributed by atoms with Crippen LogP contribution in [0.15, 0.2) is 24.3 Å². The second-order valence-corrected chi connectivity index (χ2v) is 10.5. The van der Waals surface area contributed by atoms with Crippen molar-refractivity contribution in [3.05, 3.63) is 57.6 Å². The molecule has 2 aromatic rings. The smallest absolute Gasteiger partial charge is 0.198 e. The van der Waals surface area contributed by atoms with Gasteiger partial charge in [-0.25, -0.2) is 0 Å². The Labute approximate surface area is 208 Å². The lowest BCUT2D eigenvalue weighted by atomic mass is 9.69. The van der Waals surface area contributed by atoms with Crippen molar-refractivity contribution in [2.45, 2.75) is 37.2 Å². The van der Waals surface area contributed by atoms with Gasteiger partial charge in [-0.2, -0.15) is 0 Å². The fourth-order valence-corrected chi connectivity index (χ4v) is 6.28. The molecule has 0 bridgehead atoms. The number of phenols is 2. The minimum absolute atomic E-state index is 0.0983. The predicted octanol–water partition coefficient (Wildman–Crippen LogP) is 1.60. The highest BCUT2D eigenvalue weighted by molar-refractivity contribution is 6.30. The number of likely N-dealkylation sites (N-methyl/N-ethyl adjacent to an activating group) is 1. The van der Waals surface area contributed by atoms with Gasteiger partial charge < -0.3 is 29.7 Å². The van der Waals surface area contributed by atoms with Gasteiger partial charge >= 0.3 is 0 Å². The van der Waals surface area contributed by atoms with Crippen molar-refractivity contribution >= 4 is 11.6 Å². The summed E-state index contributed by atoms with van der Waals surface area (Å²) < 4.78 is 11.7. The Kier molecular flexibility index (Phi) is 5.30. The Morgan fingerprint density at radius 1 is 0.917 bits per heavy atom. The van der Waals surface area contributed by atoms with Crippen LogP contribution in [0.25, 0.3) is 0 Å². The van der Waals surface area contributed by atoms with E-state index in [0.717, 1.165) is 13.1 Å². The van der Waals surface area contributed by atoms with Gasteiger partial charge in [0.2, 0.25) is 0 Å². The zero-order valence-corrected chi connectivity index (χ0v) is 20.4. The topological polar surface area (TPSA) is 120 Å². The molecule has 2 saturated heterocycles. The average molecular weight is 495 g/mol. The number of aromatic hydroxyl groups is 2. The maximum absolute atomic E-state index is 13.5. The molecular weight excluding hydrogens is 464 g/mol. The average Bonchev–Trinajstić information content (AvgIpc) is 3.33. The fourth-order valence-electron chi connectivity index (χ4n) is 6.28. The van der Waals surface area contributed by atoms with Crippen molar-refractivity contribution in [1.29, 1.82) is 0 Å². The molecule has 2 aromatic carbocycles. The van der Waals surface area contributed by atoms with E-state index < -0.39 is 29.0 Å². The number of rotatable bonds is 2. The van der Waals surface area contributed by atoms with Crippen LogP contribution in [-0.4, -0.2) is 94.5 Å². The van der Waals surface area contributed by atoms with Gasteiger partial charge in [0.15, 0.2) is 17.4 Å². The zero-order valence-electron chi connectivity index (χ0n) is 20.4. The number of carbonyl (C=O) groups excluding carboxylic acids is 2. The Hall–Kier alpha value is -2.82. The van der Waals surface area contributed by atoms with Crippen molar-refractivity contribution in [2.75, 3.05) is 46.4 Å². The third kappa shape index (κ3) is 3.20. The van der Waals surface area contributed by atoms with Gasteiger partial charge in [-0.15, -0.1) is 0 Å². The van der Waals surface area contributed by atoms with Crippen LogP contribution in [0.1, 0.15) is 62.4 Å². The molecule has 6 rings (SSSR count). The summed E-state index contributed by atoms with van der Waals surface area (Å²) in [6.45, 7) is 5.26.